The summed E-state index contributed by atoms with van der Waals surface area (Å²) in [5.74, 6) is -0.0599. The lowest BCUT2D eigenvalue weighted by molar-refractivity contribution is -0.141. The number of amides is 1. The van der Waals surface area contributed by atoms with Crippen molar-refractivity contribution in [3.63, 3.8) is 0 Å². The van der Waals surface area contributed by atoms with Gasteiger partial charge in [-0.25, -0.2) is 20.4 Å². The lowest BCUT2D eigenvalue weighted by Gasteiger charge is -2.35. The highest BCUT2D eigenvalue weighted by atomic mass is 19.4. The lowest BCUT2D eigenvalue weighted by Crippen LogP contribution is -2.46. The average Bonchev–Trinajstić information content (AvgIpc) is 3.29. The summed E-state index contributed by atoms with van der Waals surface area (Å²) in [7, 11) is 1.57. The number of carbonyl (C=O) groups excluding carboxylic acids is 1. The highest BCUT2D eigenvalue weighted by Gasteiger charge is 2.36. The summed E-state index contributed by atoms with van der Waals surface area (Å²) in [6, 6.07) is 5.06. The number of rotatable bonds is 3. The predicted molar refractivity (Wildman–Crippen MR) is 117 cm³/mol. The number of nitrogens with one attached hydrogen (secondary N) is 1. The van der Waals surface area contributed by atoms with Crippen molar-refractivity contribution in [3.8, 4) is 0 Å². The summed E-state index contributed by atoms with van der Waals surface area (Å²) in [6.45, 7) is 1.81. The molecular formula is C22H20F3N7O2. The number of hydrogen-bond acceptors (Lipinski definition) is 7. The minimum Gasteiger partial charge on any atom is -0.382 e. The van der Waals surface area contributed by atoms with Crippen LogP contribution in [0.15, 0.2) is 36.8 Å². The first-order chi connectivity index (χ1) is 16.2. The molecule has 0 spiro atoms. The molecule has 0 radical (unpaired) electrons. The van der Waals surface area contributed by atoms with Crippen LogP contribution in [0.25, 0.3) is 16.6 Å². The number of halogens is 3. The molecule has 3 aromatic heterocycles. The van der Waals surface area contributed by atoms with Gasteiger partial charge in [0.15, 0.2) is 0 Å². The van der Waals surface area contributed by atoms with Gasteiger partial charge in [-0.1, -0.05) is 6.07 Å². The third-order valence-corrected chi connectivity index (χ3v) is 5.90. The van der Waals surface area contributed by atoms with Crippen molar-refractivity contribution in [2.24, 2.45) is 0 Å². The minimum absolute atomic E-state index is 0.0673. The fourth-order valence-electron chi connectivity index (χ4n) is 4.25. The number of nitrogens with zero attached hydrogens (tertiary/aromatic N) is 5. The Balaban J connectivity index is 1.57. The topological polar surface area (TPSA) is 111 Å². The highest BCUT2D eigenvalue weighted by molar-refractivity contribution is 5.99. The predicted octanol–water partition coefficient (Wildman–Crippen LogP) is 3.04. The molecule has 9 nitrogen and oxygen atoms in total. The fraction of sp³-hybridized carbons (Fsp3) is 0.273. The van der Waals surface area contributed by atoms with Crippen LogP contribution in [0.5, 0.6) is 0 Å². The zero-order chi connectivity index (χ0) is 24.2. The molecule has 12 heteroatoms. The number of anilines is 1. The second-order valence-electron chi connectivity index (χ2n) is 7.96. The Bertz CT molecular complexity index is 1430. The average molecular weight is 471 g/mol. The van der Waals surface area contributed by atoms with Gasteiger partial charge in [-0.15, -0.1) is 0 Å². The number of aromatic nitrogens is 4. The maximum Gasteiger partial charge on any atom is 0.433 e. The van der Waals surface area contributed by atoms with Crippen LogP contribution in [0.2, 0.25) is 0 Å². The molecule has 1 aromatic carbocycles. The smallest absolute Gasteiger partial charge is 0.382 e. The summed E-state index contributed by atoms with van der Waals surface area (Å²) < 4.78 is 46.6. The van der Waals surface area contributed by atoms with E-state index in [1.807, 2.05) is 0 Å². The first-order valence-corrected chi connectivity index (χ1v) is 10.4. The number of ether oxygens (including phenoxy) is 1. The van der Waals surface area contributed by atoms with Crippen molar-refractivity contribution in [1.82, 2.24) is 29.8 Å². The Morgan fingerprint density at radius 3 is 2.79 bits per heavy atom. The molecule has 0 bridgehead atoms. The number of hydrazine groups is 1. The molecule has 5 rings (SSSR count). The SMILES string of the molecule is CNN(C(=O)c1cc2c(cc1C)nc(N)c1cncn12)C1COCc2nc(C(F)(F)F)ccc21. The van der Waals surface area contributed by atoms with Crippen molar-refractivity contribution in [2.45, 2.75) is 25.7 Å². The summed E-state index contributed by atoms with van der Waals surface area (Å²) >= 11 is 0. The van der Waals surface area contributed by atoms with Crippen LogP contribution in [0.1, 0.15) is 38.9 Å². The molecule has 1 amide bonds. The number of nitrogen functional groups attached to an aromatic ring is 1. The van der Waals surface area contributed by atoms with Gasteiger partial charge in [-0.3, -0.25) is 14.2 Å². The van der Waals surface area contributed by atoms with Crippen LogP contribution in [0.4, 0.5) is 19.0 Å². The van der Waals surface area contributed by atoms with Crippen molar-refractivity contribution in [1.29, 1.82) is 0 Å². The molecule has 176 valence electrons. The summed E-state index contributed by atoms with van der Waals surface area (Å²) in [5.41, 5.74) is 11.4. The monoisotopic (exact) mass is 471 g/mol. The van der Waals surface area contributed by atoms with E-state index >= 15 is 0 Å². The number of hydrogen-bond donors (Lipinski definition) is 2. The van der Waals surface area contributed by atoms with Crippen LogP contribution in [0.3, 0.4) is 0 Å². The van der Waals surface area contributed by atoms with Crippen molar-refractivity contribution >= 4 is 28.3 Å². The van der Waals surface area contributed by atoms with E-state index in [-0.39, 0.29) is 24.8 Å². The molecule has 0 aliphatic carbocycles. The summed E-state index contributed by atoms with van der Waals surface area (Å²) in [5, 5.41) is 1.34. The number of nitrogens with two attached hydrogens (primary N) is 1. The van der Waals surface area contributed by atoms with E-state index in [2.05, 4.69) is 20.4 Å². The largest absolute Gasteiger partial charge is 0.433 e. The molecule has 1 aliphatic rings. The maximum absolute atomic E-state index is 13.7. The van der Waals surface area contributed by atoms with Gasteiger partial charge in [0.2, 0.25) is 0 Å². The Labute approximate surface area is 191 Å². The molecule has 34 heavy (non-hydrogen) atoms. The normalized spacial score (nSPS) is 16.1. The Morgan fingerprint density at radius 1 is 1.26 bits per heavy atom. The van der Waals surface area contributed by atoms with Crippen LogP contribution in [0, 0.1) is 6.92 Å². The van der Waals surface area contributed by atoms with E-state index in [1.165, 1.54) is 11.1 Å². The molecule has 1 unspecified atom stereocenters. The molecule has 0 fully saturated rings. The van der Waals surface area contributed by atoms with E-state index < -0.39 is 17.9 Å². The Morgan fingerprint density at radius 2 is 2.06 bits per heavy atom. The van der Waals surface area contributed by atoms with Crippen LogP contribution in [-0.2, 0) is 17.5 Å². The number of aryl methyl sites for hydroxylation is 1. The first kappa shape index (κ1) is 22.0. The highest BCUT2D eigenvalue weighted by Crippen LogP contribution is 2.34. The fourth-order valence-corrected chi connectivity index (χ4v) is 4.25. The summed E-state index contributed by atoms with van der Waals surface area (Å²) in [6.07, 6.45) is -1.40. The standard InChI is InChI=1S/C22H20F3N7O2/c1-11-5-14-16(31-10-28-7-17(31)20(26)30-14)6-13(11)21(33)32(27-2)18-9-34-8-15-12(18)3-4-19(29-15)22(23,24)25/h3-7,10,18,27H,8-9H2,1-2H3,(H2,26,30). The number of fused-ring (bicyclic) bond motifs is 4. The van der Waals surface area contributed by atoms with Gasteiger partial charge in [0.05, 0.1) is 48.5 Å². The molecule has 0 saturated carbocycles. The molecule has 0 saturated heterocycles. The van der Waals surface area contributed by atoms with Gasteiger partial charge in [0, 0.05) is 18.2 Å². The van der Waals surface area contributed by atoms with Crippen LogP contribution < -0.4 is 11.2 Å². The van der Waals surface area contributed by atoms with Crippen molar-refractivity contribution < 1.29 is 22.7 Å². The molecule has 3 N–H and O–H groups in total. The number of carbonyl (C=O) groups is 1. The van der Waals surface area contributed by atoms with Gasteiger partial charge < -0.3 is 10.5 Å². The van der Waals surface area contributed by atoms with E-state index in [9.17, 15) is 18.0 Å². The summed E-state index contributed by atoms with van der Waals surface area (Å²) in [4.78, 5) is 25.9. The number of imidazole rings is 1. The van der Waals surface area contributed by atoms with E-state index in [4.69, 9.17) is 10.5 Å². The van der Waals surface area contributed by atoms with Gasteiger partial charge in [-0.05, 0) is 30.7 Å². The quantitative estimate of drug-likeness (QED) is 0.442. The zero-order valence-corrected chi connectivity index (χ0v) is 18.2. The molecule has 4 heterocycles. The number of pyridine rings is 1. The second-order valence-corrected chi connectivity index (χ2v) is 7.96. The van der Waals surface area contributed by atoms with E-state index in [1.54, 1.807) is 43.0 Å². The van der Waals surface area contributed by atoms with E-state index in [0.29, 0.717) is 39.1 Å². The van der Waals surface area contributed by atoms with Gasteiger partial charge in [0.1, 0.15) is 17.0 Å². The number of benzene rings is 1. The van der Waals surface area contributed by atoms with Crippen molar-refractivity contribution in [2.75, 3.05) is 19.4 Å². The van der Waals surface area contributed by atoms with E-state index in [0.717, 1.165) is 6.07 Å². The minimum atomic E-state index is -4.57. The first-order valence-electron chi connectivity index (χ1n) is 10.4. The molecular weight excluding hydrogens is 451 g/mol. The molecule has 1 atom stereocenters. The second kappa shape index (κ2) is 7.92. The van der Waals surface area contributed by atoms with Gasteiger partial charge >= 0.3 is 6.18 Å². The third kappa shape index (κ3) is 3.51. The van der Waals surface area contributed by atoms with Crippen LogP contribution >= 0.6 is 0 Å². The Kier molecular flexibility index (Phi) is 5.14. The van der Waals surface area contributed by atoms with Gasteiger partial charge in [0.25, 0.3) is 5.91 Å². The van der Waals surface area contributed by atoms with Gasteiger partial charge in [-0.2, -0.15) is 13.2 Å². The maximum atomic E-state index is 13.7. The lowest BCUT2D eigenvalue weighted by atomic mass is 10.0. The molecule has 4 aromatic rings. The van der Waals surface area contributed by atoms with Crippen molar-refractivity contribution in [3.05, 3.63) is 64.9 Å². The molecule has 1 aliphatic heterocycles. The number of alkyl halides is 3. The van der Waals surface area contributed by atoms with Crippen LogP contribution in [-0.4, -0.2) is 43.9 Å². The zero-order valence-electron chi connectivity index (χ0n) is 18.2. The third-order valence-electron chi connectivity index (χ3n) is 5.90. The Hall–Kier alpha value is -3.77.